The van der Waals surface area contributed by atoms with Crippen molar-refractivity contribution in [3.05, 3.63) is 45.6 Å². The number of aliphatic hydroxyl groups is 1. The van der Waals surface area contributed by atoms with Gasteiger partial charge in [0.2, 0.25) is 0 Å². The number of halogens is 2. The number of pyridine rings is 1. The first-order valence-corrected chi connectivity index (χ1v) is 10.6. The van der Waals surface area contributed by atoms with Crippen molar-refractivity contribution in [1.82, 2.24) is 4.98 Å². The van der Waals surface area contributed by atoms with E-state index in [4.69, 9.17) is 28.2 Å². The lowest BCUT2D eigenvalue weighted by Crippen LogP contribution is -2.39. The SMILES string of the molecule is Cc1cc(N2CCC3(CCCC3)CC2)c(CO)nc1-c1cccc(Cl)c1Cl. The van der Waals surface area contributed by atoms with Gasteiger partial charge in [0.25, 0.3) is 0 Å². The molecule has 1 aromatic carbocycles. The number of aromatic nitrogens is 1. The summed E-state index contributed by atoms with van der Waals surface area (Å²) in [4.78, 5) is 7.19. The summed E-state index contributed by atoms with van der Waals surface area (Å²) in [6.07, 6.45) is 8.04. The van der Waals surface area contributed by atoms with Gasteiger partial charge in [0.05, 0.1) is 33.7 Å². The molecule has 4 rings (SSSR count). The van der Waals surface area contributed by atoms with E-state index < -0.39 is 0 Å². The Labute approximate surface area is 171 Å². The molecule has 2 aromatic rings. The summed E-state index contributed by atoms with van der Waals surface area (Å²) >= 11 is 12.6. The van der Waals surface area contributed by atoms with Gasteiger partial charge in [-0.2, -0.15) is 0 Å². The fourth-order valence-corrected chi connectivity index (χ4v) is 5.22. The Balaban J connectivity index is 1.65. The molecule has 0 unspecified atom stereocenters. The summed E-state index contributed by atoms with van der Waals surface area (Å²) in [7, 11) is 0. The van der Waals surface area contributed by atoms with Crippen LogP contribution in [0.15, 0.2) is 24.3 Å². The number of rotatable bonds is 3. The van der Waals surface area contributed by atoms with Crippen LogP contribution in [0.5, 0.6) is 0 Å². The minimum absolute atomic E-state index is 0.0809. The zero-order valence-electron chi connectivity index (χ0n) is 15.8. The van der Waals surface area contributed by atoms with E-state index in [0.29, 0.717) is 21.2 Å². The quantitative estimate of drug-likeness (QED) is 0.679. The first-order chi connectivity index (χ1) is 13.0. The summed E-state index contributed by atoms with van der Waals surface area (Å²) in [5, 5.41) is 11.0. The second-order valence-corrected chi connectivity index (χ2v) is 8.86. The molecule has 1 saturated carbocycles. The summed E-state index contributed by atoms with van der Waals surface area (Å²) in [5.41, 5.74) is 5.00. The van der Waals surface area contributed by atoms with Crippen LogP contribution in [0.3, 0.4) is 0 Å². The topological polar surface area (TPSA) is 36.4 Å². The van der Waals surface area contributed by atoms with Gasteiger partial charge in [-0.1, -0.05) is 48.2 Å². The van der Waals surface area contributed by atoms with E-state index >= 15 is 0 Å². The molecule has 0 radical (unpaired) electrons. The molecular weight excluding hydrogens is 379 g/mol. The van der Waals surface area contributed by atoms with Crippen molar-refractivity contribution in [2.75, 3.05) is 18.0 Å². The van der Waals surface area contributed by atoms with Gasteiger partial charge in [-0.15, -0.1) is 0 Å². The third kappa shape index (κ3) is 3.57. The van der Waals surface area contributed by atoms with Gasteiger partial charge < -0.3 is 10.0 Å². The van der Waals surface area contributed by atoms with Crippen molar-refractivity contribution < 1.29 is 5.11 Å². The van der Waals surface area contributed by atoms with E-state index in [9.17, 15) is 5.11 Å². The first kappa shape index (κ1) is 19.0. The number of anilines is 1. The summed E-state index contributed by atoms with van der Waals surface area (Å²) in [6.45, 7) is 4.06. The van der Waals surface area contributed by atoms with Crippen LogP contribution in [-0.2, 0) is 6.61 Å². The van der Waals surface area contributed by atoms with Crippen LogP contribution in [0, 0.1) is 12.3 Å². The predicted molar refractivity (Wildman–Crippen MR) is 113 cm³/mol. The highest BCUT2D eigenvalue weighted by Gasteiger charge is 2.37. The Bertz CT molecular complexity index is 836. The highest BCUT2D eigenvalue weighted by atomic mass is 35.5. The number of hydrogen-bond donors (Lipinski definition) is 1. The number of aliphatic hydroxyl groups excluding tert-OH is 1. The normalized spacial score (nSPS) is 19.0. The second kappa shape index (κ2) is 7.62. The minimum atomic E-state index is -0.0809. The number of aryl methyl sites for hydroxylation is 1. The highest BCUT2D eigenvalue weighted by Crippen LogP contribution is 2.47. The monoisotopic (exact) mass is 404 g/mol. The van der Waals surface area contributed by atoms with E-state index in [-0.39, 0.29) is 6.61 Å². The lowest BCUT2D eigenvalue weighted by atomic mass is 9.77. The highest BCUT2D eigenvalue weighted by molar-refractivity contribution is 6.43. The molecule has 5 heteroatoms. The van der Waals surface area contributed by atoms with Gasteiger partial charge in [-0.3, -0.25) is 0 Å². The molecule has 2 aliphatic rings. The number of piperidine rings is 1. The van der Waals surface area contributed by atoms with Gasteiger partial charge in [0.1, 0.15) is 0 Å². The standard InChI is InChI=1S/C22H26Cl2N2O/c1-15-13-19(26-11-9-22(10-12-26)7-2-3-8-22)18(14-27)25-21(15)16-5-4-6-17(23)20(16)24/h4-6,13,27H,2-3,7-12,14H2,1H3. The maximum Gasteiger partial charge on any atom is 0.0898 e. The van der Waals surface area contributed by atoms with Crippen molar-refractivity contribution in [2.24, 2.45) is 5.41 Å². The van der Waals surface area contributed by atoms with E-state index in [1.54, 1.807) is 6.07 Å². The summed E-state index contributed by atoms with van der Waals surface area (Å²) in [5.74, 6) is 0. The number of benzene rings is 1. The Morgan fingerprint density at radius 2 is 1.81 bits per heavy atom. The maximum atomic E-state index is 9.99. The van der Waals surface area contributed by atoms with Crippen LogP contribution in [0.4, 0.5) is 5.69 Å². The molecule has 3 nitrogen and oxygen atoms in total. The Kier molecular flexibility index (Phi) is 5.37. The molecule has 0 atom stereocenters. The predicted octanol–water partition coefficient (Wildman–Crippen LogP) is 6.02. The number of hydrogen-bond acceptors (Lipinski definition) is 3. The summed E-state index contributed by atoms with van der Waals surface area (Å²) in [6, 6.07) is 7.73. The van der Waals surface area contributed by atoms with E-state index in [1.165, 1.54) is 38.5 Å². The molecule has 2 heterocycles. The Morgan fingerprint density at radius 3 is 2.48 bits per heavy atom. The lowest BCUT2D eigenvalue weighted by molar-refractivity contribution is 0.225. The van der Waals surface area contributed by atoms with E-state index in [0.717, 1.165) is 35.6 Å². The van der Waals surface area contributed by atoms with Crippen LogP contribution >= 0.6 is 23.2 Å². The average molecular weight is 405 g/mol. The van der Waals surface area contributed by atoms with E-state index in [1.807, 2.05) is 19.1 Å². The Hall–Kier alpha value is -1.29. The minimum Gasteiger partial charge on any atom is -0.390 e. The van der Waals surface area contributed by atoms with Crippen LogP contribution < -0.4 is 4.90 Å². The van der Waals surface area contributed by atoms with E-state index in [2.05, 4.69) is 11.0 Å². The van der Waals surface area contributed by atoms with Crippen LogP contribution in [-0.4, -0.2) is 23.2 Å². The van der Waals surface area contributed by atoms with Crippen molar-refractivity contribution in [2.45, 2.75) is 52.1 Å². The molecule has 1 aliphatic heterocycles. The molecule has 1 aromatic heterocycles. The summed E-state index contributed by atoms with van der Waals surface area (Å²) < 4.78 is 0. The zero-order valence-corrected chi connectivity index (χ0v) is 17.3. The van der Waals surface area contributed by atoms with Gasteiger partial charge in [-0.05, 0) is 55.7 Å². The molecule has 2 fully saturated rings. The van der Waals surface area contributed by atoms with Crippen LogP contribution in [0.1, 0.15) is 49.8 Å². The molecule has 1 aliphatic carbocycles. The van der Waals surface area contributed by atoms with Crippen molar-refractivity contribution in [3.8, 4) is 11.3 Å². The molecule has 0 bridgehead atoms. The third-order valence-corrected chi connectivity index (χ3v) is 7.27. The molecule has 27 heavy (non-hydrogen) atoms. The Morgan fingerprint density at radius 1 is 1.11 bits per heavy atom. The maximum absolute atomic E-state index is 9.99. The van der Waals surface area contributed by atoms with Crippen molar-refractivity contribution in [3.63, 3.8) is 0 Å². The molecular formula is C22H26Cl2N2O. The fraction of sp³-hybridized carbons (Fsp3) is 0.500. The molecule has 0 amide bonds. The third-order valence-electron chi connectivity index (χ3n) is 6.45. The molecule has 1 N–H and O–H groups in total. The van der Waals surface area contributed by atoms with Gasteiger partial charge in [0, 0.05) is 18.7 Å². The van der Waals surface area contributed by atoms with Gasteiger partial charge >= 0.3 is 0 Å². The number of nitrogens with zero attached hydrogens (tertiary/aromatic N) is 2. The van der Waals surface area contributed by atoms with Gasteiger partial charge in [-0.25, -0.2) is 4.98 Å². The largest absolute Gasteiger partial charge is 0.390 e. The van der Waals surface area contributed by atoms with Gasteiger partial charge in [0.15, 0.2) is 0 Å². The van der Waals surface area contributed by atoms with Crippen LogP contribution in [0.2, 0.25) is 10.0 Å². The molecule has 1 saturated heterocycles. The molecule has 1 spiro atoms. The smallest absolute Gasteiger partial charge is 0.0898 e. The first-order valence-electron chi connectivity index (χ1n) is 9.84. The molecule has 144 valence electrons. The lowest BCUT2D eigenvalue weighted by Gasteiger charge is -2.41. The average Bonchev–Trinajstić information content (AvgIpc) is 3.13. The van der Waals surface area contributed by atoms with Crippen molar-refractivity contribution in [1.29, 1.82) is 0 Å². The zero-order chi connectivity index (χ0) is 19.0. The second-order valence-electron chi connectivity index (χ2n) is 8.07. The fourth-order valence-electron chi connectivity index (χ4n) is 4.83. The van der Waals surface area contributed by atoms with Crippen molar-refractivity contribution >= 4 is 28.9 Å². The van der Waals surface area contributed by atoms with Crippen LogP contribution in [0.25, 0.3) is 11.3 Å².